The second kappa shape index (κ2) is 6.57. The van der Waals surface area contributed by atoms with Crippen molar-refractivity contribution in [1.29, 1.82) is 0 Å². The maximum atomic E-state index is 12.2. The molecular formula is C17H21NO3. The van der Waals surface area contributed by atoms with E-state index in [0.717, 1.165) is 24.1 Å². The zero-order valence-electron chi connectivity index (χ0n) is 12.8. The number of esters is 1. The minimum Gasteiger partial charge on any atom is -0.463 e. The number of anilines is 1. The molecule has 1 heterocycles. The molecule has 0 N–H and O–H groups in total. The van der Waals surface area contributed by atoms with Crippen LogP contribution in [-0.4, -0.2) is 25.5 Å². The SMILES string of the molecule is CCOC(=O)/C=C/c1ccc2c(c1)N(C)C(=O)[C@@H](C)CC2. The molecule has 0 radical (unpaired) electrons. The predicted molar refractivity (Wildman–Crippen MR) is 83.0 cm³/mol. The molecule has 2 rings (SSSR count). The van der Waals surface area contributed by atoms with E-state index in [1.54, 1.807) is 17.9 Å². The summed E-state index contributed by atoms with van der Waals surface area (Å²) in [5, 5.41) is 0. The van der Waals surface area contributed by atoms with Crippen LogP contribution in [0.2, 0.25) is 0 Å². The lowest BCUT2D eigenvalue weighted by atomic mass is 10.0. The zero-order valence-corrected chi connectivity index (χ0v) is 12.8. The zero-order chi connectivity index (χ0) is 15.4. The Morgan fingerprint density at radius 1 is 1.48 bits per heavy atom. The van der Waals surface area contributed by atoms with Crippen LogP contribution < -0.4 is 4.90 Å². The van der Waals surface area contributed by atoms with Crippen molar-refractivity contribution in [3.63, 3.8) is 0 Å². The lowest BCUT2D eigenvalue weighted by molar-refractivity contribution is -0.137. The third-order valence-corrected chi connectivity index (χ3v) is 3.77. The second-order valence-corrected chi connectivity index (χ2v) is 5.31. The minimum atomic E-state index is -0.356. The maximum absolute atomic E-state index is 12.2. The van der Waals surface area contributed by atoms with Crippen LogP contribution in [0.4, 0.5) is 5.69 Å². The molecule has 21 heavy (non-hydrogen) atoms. The molecule has 4 nitrogen and oxygen atoms in total. The Bertz CT molecular complexity index is 577. The molecule has 112 valence electrons. The van der Waals surface area contributed by atoms with Crippen LogP contribution in [0.1, 0.15) is 31.4 Å². The monoisotopic (exact) mass is 287 g/mol. The van der Waals surface area contributed by atoms with Crippen LogP contribution in [0.5, 0.6) is 0 Å². The molecule has 1 aromatic carbocycles. The molecule has 1 aromatic rings. The Labute approximate surface area is 125 Å². The van der Waals surface area contributed by atoms with E-state index in [4.69, 9.17) is 4.74 Å². The van der Waals surface area contributed by atoms with Gasteiger partial charge in [-0.1, -0.05) is 19.1 Å². The average Bonchev–Trinajstić information content (AvgIpc) is 2.58. The fourth-order valence-corrected chi connectivity index (χ4v) is 2.51. The standard InChI is InChI=1S/C17H21NO3/c1-4-21-16(19)10-7-13-6-9-14-8-5-12(2)17(20)18(3)15(14)11-13/h6-7,9-12H,4-5,8H2,1-3H3/b10-7+/t12-/m0/s1. The van der Waals surface area contributed by atoms with Gasteiger partial charge in [0, 0.05) is 24.7 Å². The van der Waals surface area contributed by atoms with E-state index >= 15 is 0 Å². The Hall–Kier alpha value is -2.10. The highest BCUT2D eigenvalue weighted by molar-refractivity contribution is 5.96. The normalized spacial score (nSPS) is 18.5. The van der Waals surface area contributed by atoms with Crippen LogP contribution in [0.15, 0.2) is 24.3 Å². The Morgan fingerprint density at radius 3 is 2.95 bits per heavy atom. The molecule has 0 bridgehead atoms. The third kappa shape index (κ3) is 3.51. The summed E-state index contributed by atoms with van der Waals surface area (Å²) < 4.78 is 4.86. The fraction of sp³-hybridized carbons (Fsp3) is 0.412. The topological polar surface area (TPSA) is 46.6 Å². The van der Waals surface area contributed by atoms with Gasteiger partial charge < -0.3 is 9.64 Å². The van der Waals surface area contributed by atoms with Crippen LogP contribution in [0.3, 0.4) is 0 Å². The van der Waals surface area contributed by atoms with Crippen molar-refractivity contribution >= 4 is 23.6 Å². The first-order valence-corrected chi connectivity index (χ1v) is 7.28. The number of carbonyl (C=O) groups excluding carboxylic acids is 2. The van der Waals surface area contributed by atoms with Crippen LogP contribution in [0.25, 0.3) is 6.08 Å². The number of carbonyl (C=O) groups is 2. The van der Waals surface area contributed by atoms with Crippen molar-refractivity contribution in [3.8, 4) is 0 Å². The van der Waals surface area contributed by atoms with Gasteiger partial charge in [-0.2, -0.15) is 0 Å². The minimum absolute atomic E-state index is 0.0425. The number of rotatable bonds is 3. The van der Waals surface area contributed by atoms with Crippen molar-refractivity contribution in [1.82, 2.24) is 0 Å². The van der Waals surface area contributed by atoms with Crippen molar-refractivity contribution in [2.24, 2.45) is 5.92 Å². The highest BCUT2D eigenvalue weighted by Gasteiger charge is 2.24. The number of ether oxygens (including phenoxy) is 1. The van der Waals surface area contributed by atoms with Crippen molar-refractivity contribution in [3.05, 3.63) is 35.4 Å². The Morgan fingerprint density at radius 2 is 2.24 bits per heavy atom. The van der Waals surface area contributed by atoms with Gasteiger partial charge in [0.25, 0.3) is 0 Å². The predicted octanol–water partition coefficient (Wildman–Crippen LogP) is 2.81. The molecule has 0 unspecified atom stereocenters. The van der Waals surface area contributed by atoms with Gasteiger partial charge in [0.2, 0.25) is 5.91 Å². The van der Waals surface area contributed by atoms with Gasteiger partial charge in [-0.25, -0.2) is 4.79 Å². The molecule has 4 heteroatoms. The van der Waals surface area contributed by atoms with Gasteiger partial charge in [-0.15, -0.1) is 0 Å². The lowest BCUT2D eigenvalue weighted by Crippen LogP contribution is -2.30. The smallest absolute Gasteiger partial charge is 0.330 e. The summed E-state index contributed by atoms with van der Waals surface area (Å²) in [5.41, 5.74) is 2.98. The third-order valence-electron chi connectivity index (χ3n) is 3.77. The quantitative estimate of drug-likeness (QED) is 0.634. The number of fused-ring (bicyclic) bond motifs is 1. The molecule has 0 aromatic heterocycles. The number of benzene rings is 1. The summed E-state index contributed by atoms with van der Waals surface area (Å²) in [5.74, 6) is -0.174. The first-order valence-electron chi connectivity index (χ1n) is 7.28. The summed E-state index contributed by atoms with van der Waals surface area (Å²) in [6, 6.07) is 5.94. The summed E-state index contributed by atoms with van der Waals surface area (Å²) >= 11 is 0. The first kappa shape index (κ1) is 15.3. The molecule has 0 fully saturated rings. The molecular weight excluding hydrogens is 266 g/mol. The maximum Gasteiger partial charge on any atom is 0.330 e. The molecule has 1 aliphatic rings. The summed E-state index contributed by atoms with van der Waals surface area (Å²) in [6.07, 6.45) is 4.89. The lowest BCUT2D eigenvalue weighted by Gasteiger charge is -2.20. The van der Waals surface area contributed by atoms with Crippen molar-refractivity contribution < 1.29 is 14.3 Å². The van der Waals surface area contributed by atoms with E-state index in [1.165, 1.54) is 11.6 Å². The van der Waals surface area contributed by atoms with E-state index in [2.05, 4.69) is 0 Å². The molecule has 0 saturated heterocycles. The van der Waals surface area contributed by atoms with Crippen LogP contribution in [0, 0.1) is 5.92 Å². The highest BCUT2D eigenvalue weighted by Crippen LogP contribution is 2.29. The molecule has 1 aliphatic heterocycles. The van der Waals surface area contributed by atoms with E-state index in [0.29, 0.717) is 6.61 Å². The van der Waals surface area contributed by atoms with Crippen LogP contribution >= 0.6 is 0 Å². The number of amides is 1. The van der Waals surface area contributed by atoms with E-state index in [9.17, 15) is 9.59 Å². The second-order valence-electron chi connectivity index (χ2n) is 5.31. The summed E-state index contributed by atoms with van der Waals surface area (Å²) in [6.45, 7) is 4.10. The number of hydrogen-bond donors (Lipinski definition) is 0. The van der Waals surface area contributed by atoms with Gasteiger partial charge >= 0.3 is 5.97 Å². The molecule has 0 spiro atoms. The van der Waals surface area contributed by atoms with E-state index < -0.39 is 0 Å². The highest BCUT2D eigenvalue weighted by atomic mass is 16.5. The molecule has 0 saturated carbocycles. The number of aryl methyl sites for hydroxylation is 1. The summed E-state index contributed by atoms with van der Waals surface area (Å²) in [4.78, 5) is 25.3. The average molecular weight is 287 g/mol. The first-order chi connectivity index (χ1) is 10.0. The Balaban J connectivity index is 2.26. The van der Waals surface area contributed by atoms with Gasteiger partial charge in [0.05, 0.1) is 6.61 Å². The van der Waals surface area contributed by atoms with Crippen molar-refractivity contribution in [2.45, 2.75) is 26.7 Å². The van der Waals surface area contributed by atoms with Crippen LogP contribution in [-0.2, 0) is 20.7 Å². The number of hydrogen-bond acceptors (Lipinski definition) is 3. The van der Waals surface area contributed by atoms with Gasteiger partial charge in [0.1, 0.15) is 0 Å². The van der Waals surface area contributed by atoms with Gasteiger partial charge in [-0.3, -0.25) is 4.79 Å². The molecule has 1 amide bonds. The fourth-order valence-electron chi connectivity index (χ4n) is 2.51. The van der Waals surface area contributed by atoms with Gasteiger partial charge in [0.15, 0.2) is 0 Å². The number of nitrogens with zero attached hydrogens (tertiary/aromatic N) is 1. The molecule has 0 aliphatic carbocycles. The van der Waals surface area contributed by atoms with E-state index in [1.807, 2.05) is 32.2 Å². The van der Waals surface area contributed by atoms with Crippen molar-refractivity contribution in [2.75, 3.05) is 18.6 Å². The van der Waals surface area contributed by atoms with E-state index in [-0.39, 0.29) is 17.8 Å². The summed E-state index contributed by atoms with van der Waals surface area (Å²) in [7, 11) is 1.81. The molecule has 1 atom stereocenters. The van der Waals surface area contributed by atoms with Gasteiger partial charge in [-0.05, 0) is 43.0 Å². The Kier molecular flexibility index (Phi) is 4.78. The largest absolute Gasteiger partial charge is 0.463 e.